The maximum Gasteiger partial charge on any atom is 0.410 e. The van der Waals surface area contributed by atoms with Gasteiger partial charge in [0.1, 0.15) is 6.61 Å². The predicted octanol–water partition coefficient (Wildman–Crippen LogP) is 3.81. The molecule has 0 radical (unpaired) electrons. The molecular weight excluding hydrogens is 359 g/mol. The van der Waals surface area contributed by atoms with Crippen molar-refractivity contribution < 1.29 is 14.7 Å². The van der Waals surface area contributed by atoms with Gasteiger partial charge in [-0.2, -0.15) is 0 Å². The lowest BCUT2D eigenvalue weighted by molar-refractivity contribution is 0.0997. The number of halogens is 3. The lowest BCUT2D eigenvalue weighted by Gasteiger charge is -2.26. The maximum atomic E-state index is 11.9. The zero-order chi connectivity index (χ0) is 15.6. The number of thiophene rings is 1. The number of rotatable bonds is 2. The topological polar surface area (TPSA) is 62.1 Å². The van der Waals surface area contributed by atoms with Gasteiger partial charge < -0.3 is 14.8 Å². The minimum absolute atomic E-state index is 0.287. The van der Waals surface area contributed by atoms with Crippen LogP contribution in [-0.4, -0.2) is 38.9 Å². The van der Waals surface area contributed by atoms with Gasteiger partial charge in [-0.1, -0.05) is 40.0 Å². The highest BCUT2D eigenvalue weighted by molar-refractivity contribution is 7.14. The summed E-state index contributed by atoms with van der Waals surface area (Å²) in [4.78, 5) is 15.5. The predicted molar refractivity (Wildman–Crippen MR) is 84.1 cm³/mol. The van der Waals surface area contributed by atoms with Gasteiger partial charge in [0.2, 0.25) is 3.79 Å². The Morgan fingerprint density at radius 3 is 2.90 bits per heavy atom. The first-order valence-electron chi connectivity index (χ1n) is 6.09. The maximum absolute atomic E-state index is 11.9. The van der Waals surface area contributed by atoms with E-state index >= 15 is 0 Å². The molecule has 0 saturated carbocycles. The SMILES string of the molecule is C/C(=N/O)c1cc2c(s1)CCN(C(=O)OCC(Cl)(Cl)Cl)C2. The van der Waals surface area contributed by atoms with Gasteiger partial charge in [0.15, 0.2) is 0 Å². The average molecular weight is 372 g/mol. The van der Waals surface area contributed by atoms with Crippen molar-refractivity contribution in [3.63, 3.8) is 0 Å². The van der Waals surface area contributed by atoms with E-state index in [4.69, 9.17) is 44.7 Å². The number of nitrogens with zero attached hydrogens (tertiary/aromatic N) is 2. The molecule has 0 saturated heterocycles. The molecule has 1 aliphatic rings. The van der Waals surface area contributed by atoms with Crippen LogP contribution < -0.4 is 0 Å². The van der Waals surface area contributed by atoms with Crippen LogP contribution in [0.15, 0.2) is 11.2 Å². The van der Waals surface area contributed by atoms with Crippen LogP contribution in [0.1, 0.15) is 22.2 Å². The van der Waals surface area contributed by atoms with E-state index in [1.807, 2.05) is 6.07 Å². The fourth-order valence-corrected chi connectivity index (χ4v) is 3.22. The summed E-state index contributed by atoms with van der Waals surface area (Å²) >= 11 is 18.2. The van der Waals surface area contributed by atoms with E-state index in [-0.39, 0.29) is 6.61 Å². The molecule has 1 aromatic rings. The smallest absolute Gasteiger partial charge is 0.410 e. The summed E-state index contributed by atoms with van der Waals surface area (Å²) in [6.45, 7) is 2.42. The Hall–Kier alpha value is -0.690. The van der Waals surface area contributed by atoms with Gasteiger partial charge >= 0.3 is 6.09 Å². The van der Waals surface area contributed by atoms with Crippen LogP contribution >= 0.6 is 46.1 Å². The van der Waals surface area contributed by atoms with Gasteiger partial charge in [-0.15, -0.1) is 11.3 Å². The molecule has 0 spiro atoms. The molecule has 21 heavy (non-hydrogen) atoms. The number of carbonyl (C=O) groups is 1. The number of hydrogen-bond donors (Lipinski definition) is 1. The van der Waals surface area contributed by atoms with Crippen molar-refractivity contribution in [2.24, 2.45) is 5.16 Å². The number of oxime groups is 1. The summed E-state index contributed by atoms with van der Waals surface area (Å²) in [5.41, 5.74) is 1.58. The third-order valence-electron chi connectivity index (χ3n) is 2.99. The van der Waals surface area contributed by atoms with E-state index in [1.54, 1.807) is 23.2 Å². The molecule has 116 valence electrons. The van der Waals surface area contributed by atoms with Crippen molar-refractivity contribution >= 4 is 57.9 Å². The number of hydrogen-bond acceptors (Lipinski definition) is 5. The third-order valence-corrected chi connectivity index (χ3v) is 4.66. The molecule has 0 fully saturated rings. The number of alkyl halides is 3. The lowest BCUT2D eigenvalue weighted by atomic mass is 10.1. The molecule has 0 bridgehead atoms. The fraction of sp³-hybridized carbons (Fsp3) is 0.500. The molecule has 1 aromatic heterocycles. The van der Waals surface area contributed by atoms with Crippen molar-refractivity contribution in [2.75, 3.05) is 13.2 Å². The van der Waals surface area contributed by atoms with Crippen LogP contribution in [0.4, 0.5) is 4.79 Å². The number of ether oxygens (including phenoxy) is 1. The van der Waals surface area contributed by atoms with E-state index in [1.165, 1.54) is 4.88 Å². The highest BCUT2D eigenvalue weighted by Gasteiger charge is 2.27. The summed E-state index contributed by atoms with van der Waals surface area (Å²) < 4.78 is 3.36. The molecule has 5 nitrogen and oxygen atoms in total. The van der Waals surface area contributed by atoms with Crippen LogP contribution in [0, 0.1) is 0 Å². The second-order valence-corrected chi connectivity index (χ2v) is 8.24. The number of amides is 1. The quantitative estimate of drug-likeness (QED) is 0.372. The summed E-state index contributed by atoms with van der Waals surface area (Å²) in [5.74, 6) is 0. The van der Waals surface area contributed by atoms with Crippen LogP contribution in [0.25, 0.3) is 0 Å². The molecule has 0 unspecified atom stereocenters. The zero-order valence-electron chi connectivity index (χ0n) is 11.1. The van der Waals surface area contributed by atoms with E-state index in [2.05, 4.69) is 5.16 Å². The van der Waals surface area contributed by atoms with Crippen LogP contribution in [0.3, 0.4) is 0 Å². The third kappa shape index (κ3) is 4.39. The van der Waals surface area contributed by atoms with Crippen molar-refractivity contribution in [2.45, 2.75) is 23.7 Å². The summed E-state index contributed by atoms with van der Waals surface area (Å²) in [6.07, 6.45) is 0.217. The molecular formula is C12H13Cl3N2O3S. The first-order chi connectivity index (χ1) is 9.80. The molecule has 2 heterocycles. The highest BCUT2D eigenvalue weighted by atomic mass is 35.6. The normalized spacial score (nSPS) is 15.8. The highest BCUT2D eigenvalue weighted by Crippen LogP contribution is 2.30. The first kappa shape index (κ1) is 16.7. The Bertz CT molecular complexity index is 569. The van der Waals surface area contributed by atoms with Gasteiger partial charge in [-0.25, -0.2) is 4.79 Å². The van der Waals surface area contributed by atoms with Crippen molar-refractivity contribution in [3.05, 3.63) is 21.4 Å². The van der Waals surface area contributed by atoms with Gasteiger partial charge in [0, 0.05) is 11.4 Å². The Balaban J connectivity index is 2.02. The average Bonchev–Trinajstić information content (AvgIpc) is 2.85. The Morgan fingerprint density at radius 2 is 2.29 bits per heavy atom. The summed E-state index contributed by atoms with van der Waals surface area (Å²) in [7, 11) is 0. The van der Waals surface area contributed by atoms with E-state index < -0.39 is 9.89 Å². The largest absolute Gasteiger partial charge is 0.445 e. The Labute approximate surface area is 141 Å². The monoisotopic (exact) mass is 370 g/mol. The van der Waals surface area contributed by atoms with E-state index in [0.717, 1.165) is 16.9 Å². The van der Waals surface area contributed by atoms with Gasteiger partial charge in [0.25, 0.3) is 0 Å². The molecule has 0 aliphatic carbocycles. The second-order valence-electron chi connectivity index (χ2n) is 4.59. The summed E-state index contributed by atoms with van der Waals surface area (Å²) in [6, 6.07) is 1.92. The van der Waals surface area contributed by atoms with Crippen LogP contribution in [-0.2, 0) is 17.7 Å². The Kier molecular flexibility index (Phi) is 5.24. The molecule has 0 atom stereocenters. The lowest BCUT2D eigenvalue weighted by Crippen LogP contribution is -2.37. The van der Waals surface area contributed by atoms with Crippen molar-refractivity contribution in [1.29, 1.82) is 0 Å². The van der Waals surface area contributed by atoms with Crippen molar-refractivity contribution in [1.82, 2.24) is 4.90 Å². The minimum atomic E-state index is -1.61. The second kappa shape index (κ2) is 6.60. The molecule has 9 heteroatoms. The van der Waals surface area contributed by atoms with Gasteiger partial charge in [-0.3, -0.25) is 0 Å². The van der Waals surface area contributed by atoms with E-state index in [9.17, 15) is 4.79 Å². The van der Waals surface area contributed by atoms with Crippen LogP contribution in [0.5, 0.6) is 0 Å². The minimum Gasteiger partial charge on any atom is -0.445 e. The standard InChI is InChI=1S/C12H13Cl3N2O3S/c1-7(16-19)10-4-8-5-17(3-2-9(8)21-10)11(18)20-6-12(13,14)15/h4,19H,2-3,5-6H2,1H3/b16-7-. The summed E-state index contributed by atoms with van der Waals surface area (Å²) in [5, 5.41) is 12.0. The molecule has 2 rings (SSSR count). The van der Waals surface area contributed by atoms with Crippen molar-refractivity contribution in [3.8, 4) is 0 Å². The Morgan fingerprint density at radius 1 is 1.57 bits per heavy atom. The molecule has 1 amide bonds. The fourth-order valence-electron chi connectivity index (χ4n) is 1.95. The van der Waals surface area contributed by atoms with Gasteiger partial charge in [-0.05, 0) is 25.0 Å². The van der Waals surface area contributed by atoms with Crippen LogP contribution in [0.2, 0.25) is 0 Å². The molecule has 1 N–H and O–H groups in total. The van der Waals surface area contributed by atoms with E-state index in [0.29, 0.717) is 18.8 Å². The first-order valence-corrected chi connectivity index (χ1v) is 8.04. The number of carbonyl (C=O) groups excluding carboxylic acids is 1. The number of fused-ring (bicyclic) bond motifs is 1. The molecule has 0 aromatic carbocycles. The van der Waals surface area contributed by atoms with Gasteiger partial charge in [0.05, 0.1) is 17.1 Å². The molecule has 1 aliphatic heterocycles. The zero-order valence-corrected chi connectivity index (χ0v) is 14.2.